The molecule has 0 aliphatic carbocycles. The molecule has 0 saturated carbocycles. The topological polar surface area (TPSA) is 0 Å². The van der Waals surface area contributed by atoms with E-state index in [0.29, 0.717) is 0 Å². The Morgan fingerprint density at radius 1 is 0.429 bits per heavy atom. The summed E-state index contributed by atoms with van der Waals surface area (Å²) in [6.07, 6.45) is 0. The second kappa shape index (κ2) is 8.92. The first kappa shape index (κ1) is 17.8. The minimum absolute atomic E-state index is 0. The van der Waals surface area contributed by atoms with E-state index in [-0.39, 0.29) is 40.0 Å². The Balaban J connectivity index is 0.00000110. The standard InChI is InChI=1S/C18H15S.FH.Sb/c1-4-10-16(11-5-1)19(17-12-6-2-7-13-17)18-14-8-3-9-15-18;;/h1-15H;1H;/q+1;;/p-1. The third kappa shape index (κ3) is 4.36. The second-order valence-electron chi connectivity index (χ2n) is 4.25. The van der Waals surface area contributed by atoms with E-state index in [2.05, 4.69) is 91.0 Å². The monoisotopic (exact) mass is 403 g/mol. The number of benzene rings is 3. The predicted molar refractivity (Wildman–Crippen MR) is 87.2 cm³/mol. The van der Waals surface area contributed by atoms with Gasteiger partial charge in [0, 0.05) is 24.4 Å². The fourth-order valence-electron chi connectivity index (χ4n) is 2.08. The number of hydrogen-bond acceptors (Lipinski definition) is 0. The van der Waals surface area contributed by atoms with Crippen LogP contribution < -0.4 is 4.70 Å². The van der Waals surface area contributed by atoms with Crippen molar-refractivity contribution < 1.29 is 4.70 Å². The van der Waals surface area contributed by atoms with Crippen molar-refractivity contribution in [1.82, 2.24) is 0 Å². The van der Waals surface area contributed by atoms with Crippen LogP contribution in [0.3, 0.4) is 0 Å². The van der Waals surface area contributed by atoms with Crippen LogP contribution in [0.25, 0.3) is 0 Å². The van der Waals surface area contributed by atoms with Crippen molar-refractivity contribution in [2.24, 2.45) is 0 Å². The van der Waals surface area contributed by atoms with Crippen LogP contribution in [0.15, 0.2) is 106 Å². The molecule has 21 heavy (non-hydrogen) atoms. The molecule has 0 aromatic heterocycles. The van der Waals surface area contributed by atoms with Gasteiger partial charge in [-0.05, 0) is 36.4 Å². The maximum absolute atomic E-state index is 2.21. The average molecular weight is 404 g/mol. The molecule has 0 amide bonds. The van der Waals surface area contributed by atoms with E-state index in [4.69, 9.17) is 0 Å². The number of rotatable bonds is 3. The van der Waals surface area contributed by atoms with Gasteiger partial charge in [0.25, 0.3) is 0 Å². The fourth-order valence-corrected chi connectivity index (χ4v) is 4.18. The van der Waals surface area contributed by atoms with Crippen LogP contribution >= 0.6 is 0 Å². The van der Waals surface area contributed by atoms with Gasteiger partial charge in [-0.1, -0.05) is 54.6 Å². The SMILES string of the molecule is [F-].[Sb].c1ccc([S+](c2ccccc2)c2ccccc2)cc1. The molecule has 0 aliphatic heterocycles. The van der Waals surface area contributed by atoms with Crippen molar-refractivity contribution >= 4 is 35.3 Å². The van der Waals surface area contributed by atoms with Gasteiger partial charge in [-0.15, -0.1) is 0 Å². The van der Waals surface area contributed by atoms with Crippen molar-refractivity contribution in [3.05, 3.63) is 91.0 Å². The Morgan fingerprint density at radius 2 is 0.667 bits per heavy atom. The largest absolute Gasteiger partial charge is 1.00 e. The van der Waals surface area contributed by atoms with Crippen molar-refractivity contribution in [1.29, 1.82) is 0 Å². The summed E-state index contributed by atoms with van der Waals surface area (Å²) in [4.78, 5) is 4.08. The fraction of sp³-hybridized carbons (Fsp3) is 0. The second-order valence-corrected chi connectivity index (χ2v) is 6.27. The summed E-state index contributed by atoms with van der Waals surface area (Å²) < 4.78 is 0. The predicted octanol–water partition coefficient (Wildman–Crippen LogP) is 1.41. The van der Waals surface area contributed by atoms with E-state index < -0.39 is 0 Å². The van der Waals surface area contributed by atoms with Crippen LogP contribution in [0.1, 0.15) is 0 Å². The van der Waals surface area contributed by atoms with E-state index in [1.165, 1.54) is 14.7 Å². The Bertz CT molecular complexity index is 535. The minimum Gasteiger partial charge on any atom is -1.00 e. The Kier molecular flexibility index (Phi) is 7.56. The molecule has 3 radical (unpaired) electrons. The smallest absolute Gasteiger partial charge is 0.166 e. The molecule has 0 N–H and O–H groups in total. The Hall–Kier alpha value is -1.24. The number of halogens is 1. The van der Waals surface area contributed by atoms with Crippen molar-refractivity contribution in [3.8, 4) is 0 Å². The van der Waals surface area contributed by atoms with Gasteiger partial charge in [0.1, 0.15) is 0 Å². The van der Waals surface area contributed by atoms with Gasteiger partial charge in [0.2, 0.25) is 0 Å². The van der Waals surface area contributed by atoms with Gasteiger partial charge in [-0.25, -0.2) is 0 Å². The van der Waals surface area contributed by atoms with Gasteiger partial charge >= 0.3 is 0 Å². The molecule has 0 unspecified atom stereocenters. The summed E-state index contributed by atoms with van der Waals surface area (Å²) >= 11 is 0. The number of hydrogen-bond donors (Lipinski definition) is 0. The molecule has 0 aliphatic rings. The van der Waals surface area contributed by atoms with E-state index in [0.717, 1.165) is 0 Å². The zero-order chi connectivity index (χ0) is 12.9. The summed E-state index contributed by atoms with van der Waals surface area (Å²) in [5.41, 5.74) is 0. The Morgan fingerprint density at radius 3 is 0.905 bits per heavy atom. The molecule has 3 aromatic carbocycles. The summed E-state index contributed by atoms with van der Waals surface area (Å²) in [7, 11) is -0.0146. The molecule has 0 fully saturated rings. The first-order valence-corrected chi connectivity index (χ1v) is 7.57. The maximum atomic E-state index is 2.21. The van der Waals surface area contributed by atoms with E-state index in [1.807, 2.05) is 0 Å². The van der Waals surface area contributed by atoms with E-state index >= 15 is 0 Å². The average Bonchev–Trinajstić information content (AvgIpc) is 2.51. The molecule has 0 nitrogen and oxygen atoms in total. The van der Waals surface area contributed by atoms with Crippen LogP contribution in [0.5, 0.6) is 0 Å². The molecule has 0 saturated heterocycles. The first-order valence-electron chi connectivity index (χ1n) is 6.34. The summed E-state index contributed by atoms with van der Waals surface area (Å²) in [6.45, 7) is 0. The summed E-state index contributed by atoms with van der Waals surface area (Å²) in [5, 5.41) is 0. The molecule has 105 valence electrons. The maximum Gasteiger partial charge on any atom is 0.166 e. The van der Waals surface area contributed by atoms with Crippen LogP contribution in [0.4, 0.5) is 0 Å². The van der Waals surface area contributed by atoms with Crippen LogP contribution in [-0.4, -0.2) is 24.4 Å². The van der Waals surface area contributed by atoms with Gasteiger partial charge < -0.3 is 4.70 Å². The third-order valence-corrected chi connectivity index (χ3v) is 5.17. The van der Waals surface area contributed by atoms with Crippen LogP contribution in [0, 0.1) is 0 Å². The van der Waals surface area contributed by atoms with Crippen molar-refractivity contribution in [3.63, 3.8) is 0 Å². The molecular weight excluding hydrogens is 389 g/mol. The first-order chi connectivity index (χ1) is 9.45. The summed E-state index contributed by atoms with van der Waals surface area (Å²) in [5.74, 6) is 0. The molecule has 3 aromatic rings. The molecule has 0 atom stereocenters. The van der Waals surface area contributed by atoms with Crippen LogP contribution in [0.2, 0.25) is 0 Å². The van der Waals surface area contributed by atoms with E-state index in [1.54, 1.807) is 0 Å². The molecule has 0 heterocycles. The molecule has 3 heteroatoms. The molecular formula is C18H15FSSb. The quantitative estimate of drug-likeness (QED) is 0.458. The normalized spacial score (nSPS) is 9.57. The molecule has 3 rings (SSSR count). The van der Waals surface area contributed by atoms with E-state index in [9.17, 15) is 0 Å². The van der Waals surface area contributed by atoms with Gasteiger partial charge in [-0.3, -0.25) is 0 Å². The van der Waals surface area contributed by atoms with Gasteiger partial charge in [0.05, 0.1) is 10.9 Å². The van der Waals surface area contributed by atoms with Crippen molar-refractivity contribution in [2.45, 2.75) is 14.7 Å². The van der Waals surface area contributed by atoms with Gasteiger partial charge in [0.15, 0.2) is 14.7 Å². The van der Waals surface area contributed by atoms with Gasteiger partial charge in [-0.2, -0.15) is 0 Å². The Labute approximate surface area is 145 Å². The molecule has 0 spiro atoms. The molecule has 0 bridgehead atoms. The summed E-state index contributed by atoms with van der Waals surface area (Å²) in [6, 6.07) is 32.2. The zero-order valence-corrected chi connectivity index (χ0v) is 14.8. The minimum atomic E-state index is -0.0146. The zero-order valence-electron chi connectivity index (χ0n) is 11.4. The van der Waals surface area contributed by atoms with Crippen LogP contribution in [-0.2, 0) is 10.9 Å². The third-order valence-electron chi connectivity index (χ3n) is 2.94. The van der Waals surface area contributed by atoms with Crippen molar-refractivity contribution in [2.75, 3.05) is 0 Å².